The summed E-state index contributed by atoms with van der Waals surface area (Å²) >= 11 is 0. The van der Waals surface area contributed by atoms with Gasteiger partial charge in [-0.2, -0.15) is 0 Å². The summed E-state index contributed by atoms with van der Waals surface area (Å²) in [6.07, 6.45) is 0.617. The zero-order valence-corrected chi connectivity index (χ0v) is 15.2. The third-order valence-corrected chi connectivity index (χ3v) is 3.94. The molecular weight excluding hydrogens is 324 g/mol. The van der Waals surface area contributed by atoms with Crippen molar-refractivity contribution in [3.63, 3.8) is 0 Å². The van der Waals surface area contributed by atoms with Crippen molar-refractivity contribution in [2.75, 3.05) is 25.2 Å². The van der Waals surface area contributed by atoms with Crippen LogP contribution in [0.2, 0.25) is 0 Å². The van der Waals surface area contributed by atoms with Gasteiger partial charge in [-0.25, -0.2) is 18.6 Å². The predicted octanol–water partition coefficient (Wildman–Crippen LogP) is 0.0347. The van der Waals surface area contributed by atoms with Gasteiger partial charge in [0.05, 0.1) is 12.4 Å². The summed E-state index contributed by atoms with van der Waals surface area (Å²) in [6, 6.07) is -0.662. The lowest BCUT2D eigenvalue weighted by Crippen LogP contribution is -2.50. The van der Waals surface area contributed by atoms with Crippen LogP contribution >= 0.6 is 0 Å². The molecule has 0 aliphatic heterocycles. The van der Waals surface area contributed by atoms with E-state index in [0.717, 1.165) is 0 Å². The van der Waals surface area contributed by atoms with Gasteiger partial charge in [-0.05, 0) is 26.2 Å². The Bertz CT molecular complexity index is 478. The summed E-state index contributed by atoms with van der Waals surface area (Å²) in [4.78, 5) is 23.6. The van der Waals surface area contributed by atoms with E-state index in [2.05, 4.69) is 10.9 Å². The van der Waals surface area contributed by atoms with E-state index in [1.54, 1.807) is 6.92 Å². The van der Waals surface area contributed by atoms with E-state index in [0.29, 0.717) is 13.0 Å². The number of sulfone groups is 1. The van der Waals surface area contributed by atoms with Crippen molar-refractivity contribution >= 4 is 21.8 Å². The highest BCUT2D eigenvalue weighted by Crippen LogP contribution is 2.06. The largest absolute Gasteiger partial charge is 0.463 e. The molecule has 0 heterocycles. The van der Waals surface area contributed by atoms with Gasteiger partial charge in [0.25, 0.3) is 0 Å². The molecule has 0 radical (unpaired) electrons. The molecular formula is C14H28N2O6S. The van der Waals surface area contributed by atoms with Gasteiger partial charge in [0.1, 0.15) is 15.9 Å². The Morgan fingerprint density at radius 1 is 1.13 bits per heavy atom. The highest BCUT2D eigenvalue weighted by Gasteiger charge is 2.27. The third kappa shape index (κ3) is 10.2. The number of carbonyl (C=O) groups is 2. The highest BCUT2D eigenvalue weighted by molar-refractivity contribution is 7.90. The van der Waals surface area contributed by atoms with Crippen LogP contribution in [-0.2, 0) is 28.9 Å². The molecule has 0 rings (SSSR count). The summed E-state index contributed by atoms with van der Waals surface area (Å²) < 4.78 is 31.9. The second-order valence-electron chi connectivity index (χ2n) is 5.61. The summed E-state index contributed by atoms with van der Waals surface area (Å²) in [6.45, 7) is 7.38. The first-order chi connectivity index (χ1) is 10.6. The topological polar surface area (TPSA) is 111 Å². The Kier molecular flexibility index (Phi) is 10.0. The lowest BCUT2D eigenvalue weighted by atomic mass is 10.1. The molecule has 0 saturated carbocycles. The maximum atomic E-state index is 12.1. The Morgan fingerprint density at radius 2 is 1.74 bits per heavy atom. The average molecular weight is 352 g/mol. The molecule has 23 heavy (non-hydrogen) atoms. The summed E-state index contributed by atoms with van der Waals surface area (Å²) in [7, 11) is -3.00. The summed E-state index contributed by atoms with van der Waals surface area (Å²) in [5, 5.41) is 0. The SMILES string of the molecule is CCOC(=O)C(C)OC(=O)C(NNCCCS(C)(=O)=O)C(C)C. The second-order valence-corrected chi connectivity index (χ2v) is 7.87. The molecule has 2 unspecified atom stereocenters. The molecule has 0 spiro atoms. The first-order valence-corrected chi connectivity index (χ1v) is 9.67. The van der Waals surface area contributed by atoms with Gasteiger partial charge in [-0.1, -0.05) is 13.8 Å². The molecule has 0 bridgehead atoms. The zero-order valence-electron chi connectivity index (χ0n) is 14.4. The molecule has 0 aromatic rings. The van der Waals surface area contributed by atoms with Crippen LogP contribution in [0.25, 0.3) is 0 Å². The molecule has 2 N–H and O–H groups in total. The molecule has 0 aliphatic rings. The second kappa shape index (κ2) is 10.6. The Morgan fingerprint density at radius 3 is 2.22 bits per heavy atom. The Hall–Kier alpha value is -1.19. The van der Waals surface area contributed by atoms with Crippen LogP contribution in [0.15, 0.2) is 0 Å². The fraction of sp³-hybridized carbons (Fsp3) is 0.857. The third-order valence-electron chi connectivity index (χ3n) is 2.91. The van der Waals surface area contributed by atoms with Crippen LogP contribution in [0.4, 0.5) is 0 Å². The van der Waals surface area contributed by atoms with Crippen LogP contribution in [0.1, 0.15) is 34.1 Å². The van der Waals surface area contributed by atoms with Crippen molar-refractivity contribution in [1.29, 1.82) is 0 Å². The van der Waals surface area contributed by atoms with Crippen LogP contribution in [0.3, 0.4) is 0 Å². The number of ether oxygens (including phenoxy) is 2. The number of rotatable bonds is 11. The van der Waals surface area contributed by atoms with Crippen molar-refractivity contribution < 1.29 is 27.5 Å². The van der Waals surface area contributed by atoms with Gasteiger partial charge in [0.15, 0.2) is 6.10 Å². The Labute approximate surface area is 138 Å². The van der Waals surface area contributed by atoms with Gasteiger partial charge in [0, 0.05) is 12.8 Å². The molecule has 0 aromatic heterocycles. The van der Waals surface area contributed by atoms with E-state index in [9.17, 15) is 18.0 Å². The normalized spacial score (nSPS) is 14.3. The molecule has 0 aliphatic carbocycles. The molecule has 8 nitrogen and oxygen atoms in total. The van der Waals surface area contributed by atoms with Gasteiger partial charge in [-0.3, -0.25) is 10.2 Å². The maximum absolute atomic E-state index is 12.1. The van der Waals surface area contributed by atoms with Crippen molar-refractivity contribution in [2.24, 2.45) is 5.92 Å². The van der Waals surface area contributed by atoms with Gasteiger partial charge in [-0.15, -0.1) is 0 Å². The minimum Gasteiger partial charge on any atom is -0.463 e. The maximum Gasteiger partial charge on any atom is 0.347 e. The number of hydrogen-bond donors (Lipinski definition) is 2. The van der Waals surface area contributed by atoms with Crippen molar-refractivity contribution in [2.45, 2.75) is 46.3 Å². The molecule has 9 heteroatoms. The molecule has 2 atom stereocenters. The van der Waals surface area contributed by atoms with Crippen LogP contribution in [0.5, 0.6) is 0 Å². The molecule has 0 aromatic carbocycles. The van der Waals surface area contributed by atoms with E-state index in [1.165, 1.54) is 13.2 Å². The minimum atomic E-state index is -3.00. The predicted molar refractivity (Wildman–Crippen MR) is 86.3 cm³/mol. The lowest BCUT2D eigenvalue weighted by molar-refractivity contribution is -0.168. The van der Waals surface area contributed by atoms with Gasteiger partial charge >= 0.3 is 11.9 Å². The highest BCUT2D eigenvalue weighted by atomic mass is 32.2. The quantitative estimate of drug-likeness (QED) is 0.304. The minimum absolute atomic E-state index is 0.0678. The monoisotopic (exact) mass is 352 g/mol. The first-order valence-electron chi connectivity index (χ1n) is 7.61. The molecule has 0 saturated heterocycles. The summed E-state index contributed by atoms with van der Waals surface area (Å²) in [5.74, 6) is -1.18. The van der Waals surface area contributed by atoms with Gasteiger partial charge < -0.3 is 9.47 Å². The van der Waals surface area contributed by atoms with Crippen LogP contribution in [-0.4, -0.2) is 57.7 Å². The number of hydrazine groups is 1. The van der Waals surface area contributed by atoms with E-state index >= 15 is 0 Å². The van der Waals surface area contributed by atoms with Crippen LogP contribution < -0.4 is 10.9 Å². The summed E-state index contributed by atoms with van der Waals surface area (Å²) in [5.41, 5.74) is 5.63. The number of hydrogen-bond acceptors (Lipinski definition) is 8. The first kappa shape index (κ1) is 21.8. The lowest BCUT2D eigenvalue weighted by Gasteiger charge is -2.23. The Balaban J connectivity index is 4.33. The smallest absolute Gasteiger partial charge is 0.347 e. The number of nitrogens with one attached hydrogen (secondary N) is 2. The van der Waals surface area contributed by atoms with E-state index in [1.807, 2.05) is 13.8 Å². The van der Waals surface area contributed by atoms with Crippen molar-refractivity contribution in [1.82, 2.24) is 10.9 Å². The van der Waals surface area contributed by atoms with Crippen molar-refractivity contribution in [3.05, 3.63) is 0 Å². The molecule has 0 fully saturated rings. The van der Waals surface area contributed by atoms with Crippen LogP contribution in [0, 0.1) is 5.92 Å². The zero-order chi connectivity index (χ0) is 18.0. The fourth-order valence-corrected chi connectivity index (χ4v) is 2.33. The van der Waals surface area contributed by atoms with Gasteiger partial charge in [0.2, 0.25) is 0 Å². The fourth-order valence-electron chi connectivity index (χ4n) is 1.66. The van der Waals surface area contributed by atoms with E-state index in [-0.39, 0.29) is 18.3 Å². The number of carbonyl (C=O) groups excluding carboxylic acids is 2. The van der Waals surface area contributed by atoms with Crippen molar-refractivity contribution in [3.8, 4) is 0 Å². The molecule has 136 valence electrons. The average Bonchev–Trinajstić information content (AvgIpc) is 2.40. The standard InChI is InChI=1S/C14H28N2O6S/c1-6-21-13(17)11(4)22-14(18)12(10(2)3)16-15-8-7-9-23(5,19)20/h10-12,15-16H,6-9H2,1-5H3. The number of esters is 2. The van der Waals surface area contributed by atoms with E-state index < -0.39 is 33.9 Å². The molecule has 0 amide bonds. The van der Waals surface area contributed by atoms with E-state index in [4.69, 9.17) is 9.47 Å².